The van der Waals surface area contributed by atoms with Gasteiger partial charge in [0.25, 0.3) is 0 Å². The third kappa shape index (κ3) is 4.23. The Balaban J connectivity index is 1.98. The SMILES string of the molecule is C=CC(=O)Nc1ccc2[nH]c(-c3ccccc3)c(C(C[N+](=O)[O-])c3ccccc3)c2c1. The van der Waals surface area contributed by atoms with Crippen LogP contribution in [0.2, 0.25) is 0 Å². The highest BCUT2D eigenvalue weighted by Crippen LogP contribution is 2.39. The standard InChI is InChI=1S/C25H21N3O3/c1-2-23(29)26-19-13-14-22-20(15-19)24(25(27-22)18-11-7-4-8-12-18)21(16-28(30)31)17-9-5-3-6-10-17/h2-15,21,27H,1,16H2,(H,26,29). The number of nitro groups is 1. The van der Waals surface area contributed by atoms with Crippen LogP contribution in [0.3, 0.4) is 0 Å². The summed E-state index contributed by atoms with van der Waals surface area (Å²) in [6, 6.07) is 24.7. The maximum absolute atomic E-state index is 11.8. The van der Waals surface area contributed by atoms with Crippen molar-refractivity contribution in [3.05, 3.63) is 113 Å². The lowest BCUT2D eigenvalue weighted by molar-refractivity contribution is -0.481. The van der Waals surface area contributed by atoms with E-state index in [-0.39, 0.29) is 17.4 Å². The summed E-state index contributed by atoms with van der Waals surface area (Å²) in [6.45, 7) is 3.24. The first-order chi connectivity index (χ1) is 15.1. The summed E-state index contributed by atoms with van der Waals surface area (Å²) < 4.78 is 0. The largest absolute Gasteiger partial charge is 0.354 e. The molecule has 1 aromatic heterocycles. The van der Waals surface area contributed by atoms with E-state index in [1.165, 1.54) is 6.08 Å². The third-order valence-electron chi connectivity index (χ3n) is 5.24. The number of nitrogens with one attached hydrogen (secondary N) is 2. The van der Waals surface area contributed by atoms with Crippen LogP contribution < -0.4 is 5.32 Å². The van der Waals surface area contributed by atoms with Crippen molar-refractivity contribution >= 4 is 22.5 Å². The number of benzene rings is 3. The lowest BCUT2D eigenvalue weighted by Crippen LogP contribution is -2.14. The van der Waals surface area contributed by atoms with Crippen molar-refractivity contribution in [1.82, 2.24) is 4.98 Å². The van der Waals surface area contributed by atoms with Gasteiger partial charge >= 0.3 is 0 Å². The van der Waals surface area contributed by atoms with E-state index in [1.54, 1.807) is 6.07 Å². The minimum Gasteiger partial charge on any atom is -0.354 e. The van der Waals surface area contributed by atoms with Gasteiger partial charge in [0.1, 0.15) is 0 Å². The molecule has 4 aromatic rings. The summed E-state index contributed by atoms with van der Waals surface area (Å²) in [5, 5.41) is 15.2. The smallest absolute Gasteiger partial charge is 0.247 e. The summed E-state index contributed by atoms with van der Waals surface area (Å²) in [4.78, 5) is 26.6. The van der Waals surface area contributed by atoms with Crippen molar-refractivity contribution in [3.8, 4) is 11.3 Å². The van der Waals surface area contributed by atoms with E-state index < -0.39 is 5.92 Å². The van der Waals surface area contributed by atoms with E-state index in [4.69, 9.17) is 0 Å². The summed E-state index contributed by atoms with van der Waals surface area (Å²) in [5.41, 5.74) is 4.91. The van der Waals surface area contributed by atoms with Gasteiger partial charge in [-0.2, -0.15) is 0 Å². The normalized spacial score (nSPS) is 11.7. The van der Waals surface area contributed by atoms with Gasteiger partial charge in [-0.3, -0.25) is 14.9 Å². The molecule has 0 fully saturated rings. The number of carbonyl (C=O) groups is 1. The molecule has 4 rings (SSSR count). The molecule has 1 atom stereocenters. The van der Waals surface area contributed by atoms with E-state index in [9.17, 15) is 14.9 Å². The van der Waals surface area contributed by atoms with Gasteiger partial charge in [-0.05, 0) is 41.0 Å². The van der Waals surface area contributed by atoms with Gasteiger partial charge < -0.3 is 10.3 Å². The molecule has 1 amide bonds. The van der Waals surface area contributed by atoms with Crippen molar-refractivity contribution in [3.63, 3.8) is 0 Å². The topological polar surface area (TPSA) is 88.0 Å². The van der Waals surface area contributed by atoms with Crippen molar-refractivity contribution in [2.24, 2.45) is 0 Å². The lowest BCUT2D eigenvalue weighted by Gasteiger charge is -2.16. The van der Waals surface area contributed by atoms with Crippen LogP contribution in [0.4, 0.5) is 5.69 Å². The maximum Gasteiger partial charge on any atom is 0.247 e. The fourth-order valence-electron chi connectivity index (χ4n) is 3.88. The number of aromatic amines is 1. The summed E-state index contributed by atoms with van der Waals surface area (Å²) in [5.74, 6) is -0.782. The first-order valence-corrected chi connectivity index (χ1v) is 9.88. The van der Waals surface area contributed by atoms with Gasteiger partial charge in [0.2, 0.25) is 12.5 Å². The highest BCUT2D eigenvalue weighted by atomic mass is 16.6. The zero-order valence-corrected chi connectivity index (χ0v) is 16.7. The molecule has 0 spiro atoms. The van der Waals surface area contributed by atoms with Crippen molar-refractivity contribution in [1.29, 1.82) is 0 Å². The summed E-state index contributed by atoms with van der Waals surface area (Å²) in [7, 11) is 0. The van der Waals surface area contributed by atoms with Crippen LogP contribution in [0.25, 0.3) is 22.2 Å². The van der Waals surface area contributed by atoms with Gasteiger partial charge in [0, 0.05) is 21.5 Å². The van der Waals surface area contributed by atoms with Gasteiger partial charge in [0.15, 0.2) is 0 Å². The molecule has 0 saturated carbocycles. The molecule has 6 heteroatoms. The zero-order valence-electron chi connectivity index (χ0n) is 16.7. The van der Waals surface area contributed by atoms with E-state index >= 15 is 0 Å². The second kappa shape index (κ2) is 8.67. The molecule has 3 aromatic carbocycles. The Bertz CT molecular complexity index is 1250. The Morgan fingerprint density at radius 2 is 1.74 bits per heavy atom. The molecule has 6 nitrogen and oxygen atoms in total. The number of anilines is 1. The van der Waals surface area contributed by atoms with Crippen LogP contribution in [0.1, 0.15) is 17.0 Å². The average molecular weight is 411 g/mol. The molecule has 0 aliphatic rings. The fourth-order valence-corrected chi connectivity index (χ4v) is 3.88. The molecule has 0 aliphatic carbocycles. The third-order valence-corrected chi connectivity index (χ3v) is 5.24. The number of amides is 1. The van der Waals surface area contributed by atoms with Crippen LogP contribution in [0.5, 0.6) is 0 Å². The van der Waals surface area contributed by atoms with Crippen LogP contribution in [0, 0.1) is 10.1 Å². The molecule has 1 heterocycles. The molecule has 154 valence electrons. The van der Waals surface area contributed by atoms with E-state index in [0.29, 0.717) is 5.69 Å². The number of hydrogen-bond acceptors (Lipinski definition) is 3. The molecule has 1 unspecified atom stereocenters. The molecule has 0 aliphatic heterocycles. The molecule has 31 heavy (non-hydrogen) atoms. The zero-order chi connectivity index (χ0) is 21.8. The second-order valence-corrected chi connectivity index (χ2v) is 7.21. The lowest BCUT2D eigenvalue weighted by atomic mass is 9.87. The molecule has 0 radical (unpaired) electrons. The quantitative estimate of drug-likeness (QED) is 0.243. The predicted octanol–water partition coefficient (Wildman–Crippen LogP) is 5.37. The van der Waals surface area contributed by atoms with E-state index in [0.717, 1.165) is 33.3 Å². The summed E-state index contributed by atoms with van der Waals surface area (Å²) in [6.07, 6.45) is 1.21. The number of aromatic nitrogens is 1. The molecule has 0 bridgehead atoms. The molecular formula is C25H21N3O3. The molecule has 0 saturated heterocycles. The molecule has 2 N–H and O–H groups in total. The first-order valence-electron chi connectivity index (χ1n) is 9.88. The highest BCUT2D eigenvalue weighted by molar-refractivity contribution is 6.01. The van der Waals surface area contributed by atoms with E-state index in [2.05, 4.69) is 16.9 Å². The van der Waals surface area contributed by atoms with Crippen LogP contribution in [0.15, 0.2) is 91.5 Å². The van der Waals surface area contributed by atoms with Gasteiger partial charge in [-0.1, -0.05) is 67.2 Å². The van der Waals surface area contributed by atoms with Gasteiger partial charge in [-0.25, -0.2) is 0 Å². The monoisotopic (exact) mass is 411 g/mol. The number of rotatable bonds is 7. The highest BCUT2D eigenvalue weighted by Gasteiger charge is 2.27. The van der Waals surface area contributed by atoms with Crippen molar-refractivity contribution in [2.45, 2.75) is 5.92 Å². The Labute approximate surface area is 179 Å². The predicted molar refractivity (Wildman–Crippen MR) is 123 cm³/mol. The minimum atomic E-state index is -0.467. The summed E-state index contributed by atoms with van der Waals surface area (Å²) >= 11 is 0. The number of nitrogens with zero attached hydrogens (tertiary/aromatic N) is 1. The Morgan fingerprint density at radius 1 is 1.06 bits per heavy atom. The van der Waals surface area contributed by atoms with E-state index in [1.807, 2.05) is 72.8 Å². The number of fused-ring (bicyclic) bond motifs is 1. The van der Waals surface area contributed by atoms with Gasteiger partial charge in [-0.15, -0.1) is 0 Å². The Kier molecular flexibility index (Phi) is 5.62. The van der Waals surface area contributed by atoms with Crippen LogP contribution in [-0.2, 0) is 4.79 Å². The van der Waals surface area contributed by atoms with Crippen molar-refractivity contribution < 1.29 is 9.72 Å². The van der Waals surface area contributed by atoms with Crippen molar-refractivity contribution in [2.75, 3.05) is 11.9 Å². The number of H-pyrrole nitrogens is 1. The first kappa shape index (κ1) is 20.1. The number of carbonyl (C=O) groups excluding carboxylic acids is 1. The maximum atomic E-state index is 11.8. The Hall–Kier alpha value is -4.19. The molecular weight excluding hydrogens is 390 g/mol. The minimum absolute atomic E-state index is 0.250. The number of hydrogen-bond donors (Lipinski definition) is 2. The second-order valence-electron chi connectivity index (χ2n) is 7.21. The van der Waals surface area contributed by atoms with Crippen LogP contribution in [-0.4, -0.2) is 22.4 Å². The van der Waals surface area contributed by atoms with Gasteiger partial charge in [0.05, 0.1) is 11.6 Å². The average Bonchev–Trinajstić information content (AvgIpc) is 3.17. The fraction of sp³-hybridized carbons (Fsp3) is 0.0800. The Morgan fingerprint density at radius 3 is 2.39 bits per heavy atom. The van der Waals surface area contributed by atoms with Crippen LogP contribution >= 0.6 is 0 Å².